The zero-order chi connectivity index (χ0) is 15.5. The van der Waals surface area contributed by atoms with Crippen LogP contribution in [-0.4, -0.2) is 37.6 Å². The minimum atomic E-state index is -0.182. The Morgan fingerprint density at radius 3 is 2.73 bits per heavy atom. The molecule has 1 aromatic carbocycles. The quantitative estimate of drug-likeness (QED) is 0.215. The van der Waals surface area contributed by atoms with Gasteiger partial charge in [0.15, 0.2) is 5.96 Å². The second-order valence-corrected chi connectivity index (χ2v) is 5.76. The predicted octanol–water partition coefficient (Wildman–Crippen LogP) is 3.38. The highest BCUT2D eigenvalue weighted by Crippen LogP contribution is 2.10. The Labute approximate surface area is 154 Å². The van der Waals surface area contributed by atoms with Crippen molar-refractivity contribution < 1.29 is 4.39 Å². The van der Waals surface area contributed by atoms with Gasteiger partial charge in [0.2, 0.25) is 0 Å². The highest BCUT2D eigenvalue weighted by atomic mass is 127. The van der Waals surface area contributed by atoms with E-state index in [-0.39, 0.29) is 29.8 Å². The summed E-state index contributed by atoms with van der Waals surface area (Å²) in [5.74, 6) is 2.61. The number of hydrogen-bond acceptors (Lipinski definition) is 2. The van der Waals surface area contributed by atoms with Crippen molar-refractivity contribution >= 4 is 41.7 Å². The molecule has 1 aromatic rings. The molecule has 0 atom stereocenters. The molecule has 0 saturated heterocycles. The third kappa shape index (κ3) is 8.63. The van der Waals surface area contributed by atoms with Gasteiger partial charge in [0.1, 0.15) is 5.82 Å². The van der Waals surface area contributed by atoms with Crippen molar-refractivity contribution in [2.75, 3.05) is 31.6 Å². The number of halogens is 2. The van der Waals surface area contributed by atoms with E-state index in [1.54, 1.807) is 13.1 Å². The predicted molar refractivity (Wildman–Crippen MR) is 107 cm³/mol. The summed E-state index contributed by atoms with van der Waals surface area (Å²) in [5, 5.41) is 6.53. The molecular formula is C16H25FIN3S. The smallest absolute Gasteiger partial charge is 0.191 e. The molecule has 0 unspecified atom stereocenters. The van der Waals surface area contributed by atoms with Crippen molar-refractivity contribution in [1.29, 1.82) is 0 Å². The van der Waals surface area contributed by atoms with E-state index in [9.17, 15) is 4.39 Å². The number of rotatable bonds is 8. The number of aryl methyl sites for hydroxylation is 1. The van der Waals surface area contributed by atoms with Crippen LogP contribution >= 0.6 is 35.7 Å². The number of thioether (sulfide) groups is 1. The van der Waals surface area contributed by atoms with Crippen molar-refractivity contribution in [3.8, 4) is 0 Å². The normalized spacial score (nSPS) is 10.8. The fourth-order valence-electron chi connectivity index (χ4n) is 1.88. The van der Waals surface area contributed by atoms with Crippen molar-refractivity contribution in [2.45, 2.75) is 13.3 Å². The Bertz CT molecular complexity index is 480. The van der Waals surface area contributed by atoms with Crippen LogP contribution in [0.5, 0.6) is 0 Å². The average Bonchev–Trinajstić information content (AvgIpc) is 2.47. The third-order valence-electron chi connectivity index (χ3n) is 2.99. The number of hydrogen-bond donors (Lipinski definition) is 2. The van der Waals surface area contributed by atoms with E-state index in [1.165, 1.54) is 6.07 Å². The van der Waals surface area contributed by atoms with Gasteiger partial charge in [-0.1, -0.05) is 12.1 Å². The van der Waals surface area contributed by atoms with E-state index in [0.29, 0.717) is 0 Å². The zero-order valence-electron chi connectivity index (χ0n) is 13.2. The van der Waals surface area contributed by atoms with Gasteiger partial charge in [0.25, 0.3) is 0 Å². The van der Waals surface area contributed by atoms with Gasteiger partial charge in [-0.05, 0) is 36.6 Å². The van der Waals surface area contributed by atoms with E-state index < -0.39 is 0 Å². The van der Waals surface area contributed by atoms with Gasteiger partial charge in [-0.15, -0.1) is 30.6 Å². The van der Waals surface area contributed by atoms with Crippen molar-refractivity contribution in [1.82, 2.24) is 10.6 Å². The molecular weight excluding hydrogens is 412 g/mol. The summed E-state index contributed by atoms with van der Waals surface area (Å²) in [6.45, 7) is 7.26. The number of nitrogens with zero attached hydrogens (tertiary/aromatic N) is 1. The van der Waals surface area contributed by atoms with Crippen LogP contribution in [-0.2, 0) is 6.42 Å². The second kappa shape index (κ2) is 12.8. The molecule has 0 aromatic heterocycles. The van der Waals surface area contributed by atoms with Gasteiger partial charge in [-0.25, -0.2) is 4.39 Å². The maximum absolute atomic E-state index is 13.0. The minimum absolute atomic E-state index is 0. The van der Waals surface area contributed by atoms with Gasteiger partial charge >= 0.3 is 0 Å². The van der Waals surface area contributed by atoms with Crippen LogP contribution in [0.15, 0.2) is 35.8 Å². The molecule has 0 fully saturated rings. The molecule has 124 valence electrons. The lowest BCUT2D eigenvalue weighted by molar-refractivity contribution is 0.625. The minimum Gasteiger partial charge on any atom is -0.356 e. The van der Waals surface area contributed by atoms with Crippen LogP contribution in [0.1, 0.15) is 11.1 Å². The molecule has 2 N–H and O–H groups in total. The molecule has 0 heterocycles. The van der Waals surface area contributed by atoms with E-state index in [4.69, 9.17) is 0 Å². The maximum Gasteiger partial charge on any atom is 0.191 e. The van der Waals surface area contributed by atoms with Gasteiger partial charge in [0, 0.05) is 31.6 Å². The monoisotopic (exact) mass is 437 g/mol. The van der Waals surface area contributed by atoms with Crippen LogP contribution in [0.2, 0.25) is 0 Å². The number of guanidine groups is 1. The standard InChI is InChI=1S/C16H24FN3S.HI/c1-4-10-21-11-9-20-16(18-3)19-8-7-14-5-6-15(17)12-13(14)2;/h4-6,12H,1,7-11H2,2-3H3,(H2,18,19,20);1H. The van der Waals surface area contributed by atoms with Crippen molar-refractivity contribution in [3.05, 3.63) is 47.8 Å². The molecule has 0 aliphatic carbocycles. The van der Waals surface area contributed by atoms with E-state index >= 15 is 0 Å². The number of benzene rings is 1. The molecule has 0 aliphatic heterocycles. The molecule has 3 nitrogen and oxygen atoms in total. The molecule has 0 bridgehead atoms. The first kappa shape index (κ1) is 21.2. The lowest BCUT2D eigenvalue weighted by Crippen LogP contribution is -2.39. The van der Waals surface area contributed by atoms with Crippen molar-refractivity contribution in [2.24, 2.45) is 4.99 Å². The molecule has 6 heteroatoms. The molecule has 0 aliphatic rings. The summed E-state index contributed by atoms with van der Waals surface area (Å²) in [4.78, 5) is 4.18. The summed E-state index contributed by atoms with van der Waals surface area (Å²) < 4.78 is 13.0. The fourth-order valence-corrected chi connectivity index (χ4v) is 2.46. The average molecular weight is 437 g/mol. The molecule has 0 amide bonds. The molecule has 0 spiro atoms. The van der Waals surface area contributed by atoms with Crippen LogP contribution in [0.3, 0.4) is 0 Å². The highest BCUT2D eigenvalue weighted by Gasteiger charge is 2.01. The Hall–Kier alpha value is -0.760. The van der Waals surface area contributed by atoms with Gasteiger partial charge in [0.05, 0.1) is 0 Å². The number of nitrogens with one attached hydrogen (secondary N) is 2. The van der Waals surface area contributed by atoms with Gasteiger partial charge in [-0.3, -0.25) is 4.99 Å². The fraction of sp³-hybridized carbons (Fsp3) is 0.438. The van der Waals surface area contributed by atoms with Crippen LogP contribution in [0.4, 0.5) is 4.39 Å². The lowest BCUT2D eigenvalue weighted by Gasteiger charge is -2.12. The molecule has 22 heavy (non-hydrogen) atoms. The SMILES string of the molecule is C=CCSCCNC(=NC)NCCc1ccc(F)cc1C.I. The Morgan fingerprint density at radius 2 is 2.09 bits per heavy atom. The van der Waals surface area contributed by atoms with Gasteiger partial charge < -0.3 is 10.6 Å². The van der Waals surface area contributed by atoms with Gasteiger partial charge in [-0.2, -0.15) is 11.8 Å². The summed E-state index contributed by atoms with van der Waals surface area (Å²) >= 11 is 1.83. The Balaban J connectivity index is 0.00000441. The maximum atomic E-state index is 13.0. The summed E-state index contributed by atoms with van der Waals surface area (Å²) in [6.07, 6.45) is 2.75. The summed E-state index contributed by atoms with van der Waals surface area (Å²) in [6, 6.07) is 4.92. The van der Waals surface area contributed by atoms with E-state index in [1.807, 2.05) is 30.8 Å². The van der Waals surface area contributed by atoms with Crippen LogP contribution < -0.4 is 10.6 Å². The van der Waals surface area contributed by atoms with Crippen LogP contribution in [0, 0.1) is 12.7 Å². The first-order valence-corrected chi connectivity index (χ1v) is 8.21. The first-order valence-electron chi connectivity index (χ1n) is 7.05. The van der Waals surface area contributed by atoms with E-state index in [2.05, 4.69) is 22.2 Å². The van der Waals surface area contributed by atoms with E-state index in [0.717, 1.165) is 48.1 Å². The molecule has 0 radical (unpaired) electrons. The first-order chi connectivity index (χ1) is 10.2. The van der Waals surface area contributed by atoms with Crippen molar-refractivity contribution in [3.63, 3.8) is 0 Å². The highest BCUT2D eigenvalue weighted by molar-refractivity contribution is 14.0. The Morgan fingerprint density at radius 1 is 1.36 bits per heavy atom. The van der Waals surface area contributed by atoms with Crippen LogP contribution in [0.25, 0.3) is 0 Å². The third-order valence-corrected chi connectivity index (χ3v) is 3.95. The Kier molecular flexibility index (Phi) is 12.3. The summed E-state index contributed by atoms with van der Waals surface area (Å²) in [7, 11) is 1.76. The number of aliphatic imine (C=N–C) groups is 1. The summed E-state index contributed by atoms with van der Waals surface area (Å²) in [5.41, 5.74) is 2.14. The largest absolute Gasteiger partial charge is 0.356 e. The zero-order valence-corrected chi connectivity index (χ0v) is 16.3. The topological polar surface area (TPSA) is 36.4 Å². The lowest BCUT2D eigenvalue weighted by atomic mass is 10.1. The second-order valence-electron chi connectivity index (χ2n) is 4.61. The molecule has 0 saturated carbocycles. The molecule has 1 rings (SSSR count).